The first-order chi connectivity index (χ1) is 11.0. The lowest BCUT2D eigenvalue weighted by atomic mass is 10.0. The number of methoxy groups -OCH3 is 1. The fourth-order valence-electron chi connectivity index (χ4n) is 2.45. The monoisotopic (exact) mass is 386 g/mol. The first kappa shape index (κ1) is 17.6. The molecule has 0 radical (unpaired) electrons. The molecule has 0 aromatic carbocycles. The highest BCUT2D eigenvalue weighted by Crippen LogP contribution is 2.26. The van der Waals surface area contributed by atoms with E-state index in [1.165, 1.54) is 12.3 Å². The van der Waals surface area contributed by atoms with Gasteiger partial charge < -0.3 is 15.0 Å². The smallest absolute Gasteiger partial charge is 0.288 e. The molecule has 1 aliphatic rings. The van der Waals surface area contributed by atoms with Crippen LogP contribution in [-0.2, 0) is 9.53 Å². The Balaban J connectivity index is 1.87. The van der Waals surface area contributed by atoms with Crippen molar-refractivity contribution >= 4 is 33.3 Å². The number of likely N-dealkylation sites (tertiary alicyclic amines) is 1. The third kappa shape index (κ3) is 4.87. The molecular formula is C14H19BrN4O4. The highest BCUT2D eigenvalue weighted by Gasteiger charge is 2.23. The Morgan fingerprint density at radius 3 is 2.83 bits per heavy atom. The van der Waals surface area contributed by atoms with Gasteiger partial charge in [-0.3, -0.25) is 14.9 Å². The second-order valence-corrected chi connectivity index (χ2v) is 6.18. The van der Waals surface area contributed by atoms with Crippen molar-refractivity contribution in [1.82, 2.24) is 9.88 Å². The van der Waals surface area contributed by atoms with E-state index in [0.29, 0.717) is 36.4 Å². The summed E-state index contributed by atoms with van der Waals surface area (Å²) >= 11 is 3.30. The summed E-state index contributed by atoms with van der Waals surface area (Å²) in [5, 5.41) is 14.0. The molecule has 0 atom stereocenters. The lowest BCUT2D eigenvalue weighted by Gasteiger charge is -2.32. The standard InChI is InChI=1S/C14H19BrN4O4/c1-23-7-4-13(20)18-5-2-10(3-6-18)17-14-12(15)8-11(9-16-14)19(21)22/h8-10H,2-7H2,1H3,(H,16,17). The second kappa shape index (κ2) is 8.21. The van der Waals surface area contributed by atoms with Crippen molar-refractivity contribution in [3.05, 3.63) is 26.9 Å². The molecule has 126 valence electrons. The fraction of sp³-hybridized carbons (Fsp3) is 0.571. The van der Waals surface area contributed by atoms with Crippen molar-refractivity contribution in [1.29, 1.82) is 0 Å². The largest absolute Gasteiger partial charge is 0.384 e. The van der Waals surface area contributed by atoms with E-state index >= 15 is 0 Å². The molecule has 1 aromatic heterocycles. The minimum absolute atomic E-state index is 0.0546. The van der Waals surface area contributed by atoms with Gasteiger partial charge in [-0.2, -0.15) is 0 Å². The van der Waals surface area contributed by atoms with Gasteiger partial charge in [-0.05, 0) is 28.8 Å². The average Bonchev–Trinajstić information content (AvgIpc) is 2.55. The van der Waals surface area contributed by atoms with Gasteiger partial charge in [-0.25, -0.2) is 4.98 Å². The number of nitro groups is 1. The minimum atomic E-state index is -0.481. The Hall–Kier alpha value is -1.74. The number of nitrogens with zero attached hydrogens (tertiary/aromatic N) is 3. The summed E-state index contributed by atoms with van der Waals surface area (Å²) in [4.78, 5) is 28.1. The lowest BCUT2D eigenvalue weighted by molar-refractivity contribution is -0.385. The van der Waals surface area contributed by atoms with Crippen molar-refractivity contribution in [2.45, 2.75) is 25.3 Å². The summed E-state index contributed by atoms with van der Waals surface area (Å²) in [6.45, 7) is 1.81. The highest BCUT2D eigenvalue weighted by molar-refractivity contribution is 9.10. The van der Waals surface area contributed by atoms with E-state index in [9.17, 15) is 14.9 Å². The first-order valence-corrected chi connectivity index (χ1v) is 8.13. The van der Waals surface area contributed by atoms with E-state index in [1.807, 2.05) is 4.90 Å². The van der Waals surface area contributed by atoms with Crippen LogP contribution in [-0.4, -0.2) is 53.6 Å². The van der Waals surface area contributed by atoms with Crippen LogP contribution in [0.15, 0.2) is 16.7 Å². The van der Waals surface area contributed by atoms with Gasteiger partial charge in [0.1, 0.15) is 12.0 Å². The number of hydrogen-bond donors (Lipinski definition) is 1. The van der Waals surface area contributed by atoms with E-state index in [2.05, 4.69) is 26.2 Å². The van der Waals surface area contributed by atoms with Crippen LogP contribution in [0.1, 0.15) is 19.3 Å². The molecule has 0 saturated carbocycles. The topological polar surface area (TPSA) is 97.6 Å². The van der Waals surface area contributed by atoms with Crippen molar-refractivity contribution in [2.24, 2.45) is 0 Å². The maximum absolute atomic E-state index is 11.9. The normalized spacial score (nSPS) is 15.5. The Morgan fingerprint density at radius 1 is 1.57 bits per heavy atom. The summed E-state index contributed by atoms with van der Waals surface area (Å²) in [5.41, 5.74) is -0.0546. The second-order valence-electron chi connectivity index (χ2n) is 5.32. The molecule has 23 heavy (non-hydrogen) atoms. The zero-order chi connectivity index (χ0) is 16.8. The highest BCUT2D eigenvalue weighted by atomic mass is 79.9. The average molecular weight is 387 g/mol. The molecule has 1 N–H and O–H groups in total. The number of carbonyl (C=O) groups is 1. The van der Waals surface area contributed by atoms with Crippen LogP contribution in [0.5, 0.6) is 0 Å². The van der Waals surface area contributed by atoms with Crippen LogP contribution in [0.4, 0.5) is 11.5 Å². The number of rotatable bonds is 6. The van der Waals surface area contributed by atoms with Gasteiger partial charge in [0, 0.05) is 32.3 Å². The number of piperidine rings is 1. The van der Waals surface area contributed by atoms with E-state index < -0.39 is 4.92 Å². The predicted molar refractivity (Wildman–Crippen MR) is 88.3 cm³/mol. The van der Waals surface area contributed by atoms with Gasteiger partial charge >= 0.3 is 0 Å². The number of anilines is 1. The molecule has 2 rings (SSSR count). The molecule has 0 aliphatic carbocycles. The van der Waals surface area contributed by atoms with Gasteiger partial charge in [0.2, 0.25) is 5.91 Å². The third-order valence-corrected chi connectivity index (χ3v) is 4.35. The summed E-state index contributed by atoms with van der Waals surface area (Å²) < 4.78 is 5.48. The van der Waals surface area contributed by atoms with Gasteiger partial charge in [-0.15, -0.1) is 0 Å². The molecule has 1 amide bonds. The third-order valence-electron chi connectivity index (χ3n) is 3.75. The zero-order valence-electron chi connectivity index (χ0n) is 12.8. The Labute approximate surface area is 142 Å². The van der Waals surface area contributed by atoms with Gasteiger partial charge in [0.05, 0.1) is 22.4 Å². The van der Waals surface area contributed by atoms with Crippen LogP contribution in [0.25, 0.3) is 0 Å². The molecule has 2 heterocycles. The number of aromatic nitrogens is 1. The van der Waals surface area contributed by atoms with Crippen LogP contribution in [0, 0.1) is 10.1 Å². The van der Waals surface area contributed by atoms with Gasteiger partial charge in [0.25, 0.3) is 5.69 Å². The summed E-state index contributed by atoms with van der Waals surface area (Å²) in [5.74, 6) is 0.694. The van der Waals surface area contributed by atoms with Crippen molar-refractivity contribution in [3.63, 3.8) is 0 Å². The van der Waals surface area contributed by atoms with Crippen molar-refractivity contribution in [2.75, 3.05) is 32.1 Å². The number of nitrogens with one attached hydrogen (secondary N) is 1. The Kier molecular flexibility index (Phi) is 6.28. The number of halogens is 1. The number of carbonyl (C=O) groups excluding carboxylic acids is 1. The molecule has 1 aromatic rings. The molecule has 0 spiro atoms. The molecule has 8 nitrogen and oxygen atoms in total. The number of hydrogen-bond acceptors (Lipinski definition) is 6. The van der Waals surface area contributed by atoms with Gasteiger partial charge in [0.15, 0.2) is 0 Å². The predicted octanol–water partition coefficient (Wildman–Crippen LogP) is 2.19. The first-order valence-electron chi connectivity index (χ1n) is 7.34. The van der Waals surface area contributed by atoms with Crippen molar-refractivity contribution < 1.29 is 14.5 Å². The quantitative estimate of drug-likeness (QED) is 0.594. The van der Waals surface area contributed by atoms with E-state index in [0.717, 1.165) is 12.8 Å². The van der Waals surface area contributed by atoms with E-state index in [4.69, 9.17) is 4.74 Å². The SMILES string of the molecule is COCCC(=O)N1CCC(Nc2ncc([N+](=O)[O-])cc2Br)CC1. The maximum atomic E-state index is 11.9. The van der Waals surface area contributed by atoms with E-state index in [1.54, 1.807) is 7.11 Å². The molecule has 9 heteroatoms. The summed E-state index contributed by atoms with van der Waals surface area (Å²) in [6.07, 6.45) is 3.26. The van der Waals surface area contributed by atoms with Crippen LogP contribution in [0.2, 0.25) is 0 Å². The lowest BCUT2D eigenvalue weighted by Crippen LogP contribution is -2.42. The summed E-state index contributed by atoms with van der Waals surface area (Å²) in [6, 6.07) is 1.62. The molecule has 0 unspecified atom stereocenters. The minimum Gasteiger partial charge on any atom is -0.384 e. The van der Waals surface area contributed by atoms with Crippen molar-refractivity contribution in [3.8, 4) is 0 Å². The maximum Gasteiger partial charge on any atom is 0.288 e. The number of amides is 1. The summed E-state index contributed by atoms with van der Waals surface area (Å²) in [7, 11) is 1.58. The molecule has 1 aliphatic heterocycles. The Morgan fingerprint density at radius 2 is 2.26 bits per heavy atom. The fourth-order valence-corrected chi connectivity index (χ4v) is 2.90. The molecule has 1 saturated heterocycles. The molecular weight excluding hydrogens is 368 g/mol. The molecule has 0 bridgehead atoms. The van der Waals surface area contributed by atoms with Gasteiger partial charge in [-0.1, -0.05) is 0 Å². The van der Waals surface area contributed by atoms with E-state index in [-0.39, 0.29) is 17.6 Å². The molecule has 1 fully saturated rings. The van der Waals surface area contributed by atoms with Crippen LogP contribution < -0.4 is 5.32 Å². The zero-order valence-corrected chi connectivity index (χ0v) is 14.4. The van der Waals surface area contributed by atoms with Crippen LogP contribution >= 0.6 is 15.9 Å². The Bertz CT molecular complexity index is 576. The van der Waals surface area contributed by atoms with Crippen LogP contribution in [0.3, 0.4) is 0 Å². The number of pyridine rings is 1. The number of ether oxygens (including phenoxy) is 1.